The zero-order chi connectivity index (χ0) is 13.0. The van der Waals surface area contributed by atoms with Crippen LogP contribution >= 0.6 is 15.9 Å². The van der Waals surface area contributed by atoms with E-state index in [1.165, 1.54) is 17.7 Å². The molecular formula is C14H20BrN2O+. The Labute approximate surface area is 117 Å². The van der Waals surface area contributed by atoms with Crippen LogP contribution < -0.4 is 10.2 Å². The SMILES string of the molecule is CC1CC[NH+](CC(=O)Nc2ccccc2Br)CC1. The quantitative estimate of drug-likeness (QED) is 0.875. The fourth-order valence-corrected chi connectivity index (χ4v) is 2.72. The number of halogens is 1. The number of carbonyl (C=O) groups is 1. The predicted octanol–water partition coefficient (Wildman–Crippen LogP) is 1.70. The number of rotatable bonds is 3. The molecule has 2 rings (SSSR count). The normalized spacial score (nSPS) is 23.7. The summed E-state index contributed by atoms with van der Waals surface area (Å²) in [5.74, 6) is 0.923. The second kappa shape index (κ2) is 6.34. The van der Waals surface area contributed by atoms with Gasteiger partial charge in [-0.25, -0.2) is 0 Å². The van der Waals surface area contributed by atoms with Crippen molar-refractivity contribution in [1.82, 2.24) is 0 Å². The van der Waals surface area contributed by atoms with Gasteiger partial charge in [0.1, 0.15) is 0 Å². The van der Waals surface area contributed by atoms with Crippen LogP contribution in [0, 0.1) is 5.92 Å². The van der Waals surface area contributed by atoms with Crippen molar-refractivity contribution < 1.29 is 9.69 Å². The molecule has 0 atom stereocenters. The predicted molar refractivity (Wildman–Crippen MR) is 76.7 cm³/mol. The lowest BCUT2D eigenvalue weighted by molar-refractivity contribution is -0.897. The first-order valence-electron chi connectivity index (χ1n) is 6.53. The maximum absolute atomic E-state index is 12.0. The Kier molecular flexibility index (Phi) is 4.78. The van der Waals surface area contributed by atoms with E-state index in [2.05, 4.69) is 28.2 Å². The molecule has 1 aliphatic heterocycles. The third kappa shape index (κ3) is 3.82. The Morgan fingerprint density at radius 1 is 1.39 bits per heavy atom. The van der Waals surface area contributed by atoms with Crippen LogP contribution in [0.1, 0.15) is 19.8 Å². The molecule has 0 radical (unpaired) electrons. The molecule has 1 fully saturated rings. The monoisotopic (exact) mass is 311 g/mol. The minimum Gasteiger partial charge on any atom is -0.327 e. The standard InChI is InChI=1S/C14H19BrN2O/c1-11-6-8-17(9-7-11)10-14(18)16-13-5-3-2-4-12(13)15/h2-5,11H,6-10H2,1H3,(H,16,18)/p+1. The average molecular weight is 312 g/mol. The van der Waals surface area contributed by atoms with E-state index in [0.29, 0.717) is 6.54 Å². The van der Waals surface area contributed by atoms with Crippen molar-refractivity contribution in [2.24, 2.45) is 5.92 Å². The topological polar surface area (TPSA) is 33.5 Å². The van der Waals surface area contributed by atoms with Gasteiger partial charge in [0.15, 0.2) is 6.54 Å². The molecule has 0 spiro atoms. The lowest BCUT2D eigenvalue weighted by Crippen LogP contribution is -3.14. The molecule has 18 heavy (non-hydrogen) atoms. The van der Waals surface area contributed by atoms with Crippen LogP contribution in [-0.4, -0.2) is 25.5 Å². The first-order chi connectivity index (χ1) is 8.65. The van der Waals surface area contributed by atoms with Crippen LogP contribution in [0.3, 0.4) is 0 Å². The first-order valence-corrected chi connectivity index (χ1v) is 7.32. The van der Waals surface area contributed by atoms with Crippen LogP contribution in [0.5, 0.6) is 0 Å². The maximum Gasteiger partial charge on any atom is 0.279 e. The number of benzene rings is 1. The van der Waals surface area contributed by atoms with E-state index in [1.54, 1.807) is 0 Å². The number of likely N-dealkylation sites (tertiary alicyclic amines) is 1. The van der Waals surface area contributed by atoms with Crippen LogP contribution in [0.2, 0.25) is 0 Å². The summed E-state index contributed by atoms with van der Waals surface area (Å²) < 4.78 is 0.931. The van der Waals surface area contributed by atoms with Crippen LogP contribution in [0.15, 0.2) is 28.7 Å². The highest BCUT2D eigenvalue weighted by Crippen LogP contribution is 2.20. The summed E-state index contributed by atoms with van der Waals surface area (Å²) in [6, 6.07) is 7.72. The number of nitrogens with one attached hydrogen (secondary N) is 2. The van der Waals surface area contributed by atoms with E-state index in [0.717, 1.165) is 29.2 Å². The molecule has 0 aromatic heterocycles. The molecule has 3 nitrogen and oxygen atoms in total. The molecule has 4 heteroatoms. The molecule has 1 saturated heterocycles. The molecule has 0 unspecified atom stereocenters. The number of quaternary nitrogens is 1. The molecular weight excluding hydrogens is 292 g/mol. The van der Waals surface area contributed by atoms with Crippen molar-refractivity contribution in [3.05, 3.63) is 28.7 Å². The number of piperidine rings is 1. The third-order valence-electron chi connectivity index (χ3n) is 3.54. The van der Waals surface area contributed by atoms with Crippen molar-refractivity contribution in [3.63, 3.8) is 0 Å². The van der Waals surface area contributed by atoms with Gasteiger partial charge in [0.25, 0.3) is 5.91 Å². The highest BCUT2D eigenvalue weighted by atomic mass is 79.9. The molecule has 2 N–H and O–H groups in total. The summed E-state index contributed by atoms with van der Waals surface area (Å²) in [6.45, 7) is 5.10. The number of hydrogen-bond acceptors (Lipinski definition) is 1. The summed E-state index contributed by atoms with van der Waals surface area (Å²) in [5, 5.41) is 2.96. The zero-order valence-electron chi connectivity index (χ0n) is 10.7. The third-order valence-corrected chi connectivity index (χ3v) is 4.23. The Morgan fingerprint density at radius 2 is 2.06 bits per heavy atom. The first kappa shape index (κ1) is 13.6. The second-order valence-corrected chi connectivity index (χ2v) is 5.99. The van der Waals surface area contributed by atoms with Gasteiger partial charge in [0, 0.05) is 4.47 Å². The Balaban J connectivity index is 1.84. The lowest BCUT2D eigenvalue weighted by Gasteiger charge is -2.26. The van der Waals surface area contributed by atoms with E-state index in [4.69, 9.17) is 0 Å². The smallest absolute Gasteiger partial charge is 0.279 e. The Morgan fingerprint density at radius 3 is 2.72 bits per heavy atom. The van der Waals surface area contributed by atoms with E-state index >= 15 is 0 Å². The van der Waals surface area contributed by atoms with Gasteiger partial charge in [-0.1, -0.05) is 19.1 Å². The minimum absolute atomic E-state index is 0.103. The average Bonchev–Trinajstić information content (AvgIpc) is 2.35. The fraction of sp³-hybridized carbons (Fsp3) is 0.500. The zero-order valence-corrected chi connectivity index (χ0v) is 12.3. The van der Waals surface area contributed by atoms with Crippen molar-refractivity contribution in [3.8, 4) is 0 Å². The molecule has 0 aliphatic carbocycles. The second-order valence-electron chi connectivity index (χ2n) is 5.14. The van der Waals surface area contributed by atoms with E-state index < -0.39 is 0 Å². The number of anilines is 1. The van der Waals surface area contributed by atoms with E-state index in [9.17, 15) is 4.79 Å². The maximum atomic E-state index is 12.0. The summed E-state index contributed by atoms with van der Waals surface area (Å²) in [4.78, 5) is 13.4. The molecule has 1 aromatic rings. The van der Waals surface area contributed by atoms with Gasteiger partial charge in [-0.2, -0.15) is 0 Å². The lowest BCUT2D eigenvalue weighted by atomic mass is 9.99. The van der Waals surface area contributed by atoms with Crippen LogP contribution in [0.25, 0.3) is 0 Å². The summed E-state index contributed by atoms with van der Waals surface area (Å²) in [5.41, 5.74) is 0.854. The summed E-state index contributed by atoms with van der Waals surface area (Å²) >= 11 is 3.44. The molecule has 1 aromatic carbocycles. The van der Waals surface area contributed by atoms with Gasteiger partial charge in [0.2, 0.25) is 0 Å². The van der Waals surface area contributed by atoms with Crippen molar-refractivity contribution >= 4 is 27.5 Å². The van der Waals surface area contributed by atoms with Gasteiger partial charge in [0.05, 0.1) is 18.8 Å². The minimum atomic E-state index is 0.103. The van der Waals surface area contributed by atoms with Gasteiger partial charge in [-0.3, -0.25) is 4.79 Å². The molecule has 1 aliphatic rings. The van der Waals surface area contributed by atoms with Crippen molar-refractivity contribution in [2.45, 2.75) is 19.8 Å². The van der Waals surface area contributed by atoms with Gasteiger partial charge < -0.3 is 10.2 Å². The van der Waals surface area contributed by atoms with Gasteiger partial charge in [-0.15, -0.1) is 0 Å². The van der Waals surface area contributed by atoms with Crippen LogP contribution in [-0.2, 0) is 4.79 Å². The highest BCUT2D eigenvalue weighted by Gasteiger charge is 2.21. The summed E-state index contributed by atoms with van der Waals surface area (Å²) in [7, 11) is 0. The molecule has 1 amide bonds. The molecule has 1 heterocycles. The molecule has 0 saturated carbocycles. The summed E-state index contributed by atoms with van der Waals surface area (Å²) in [6.07, 6.45) is 2.47. The van der Waals surface area contributed by atoms with Gasteiger partial charge in [-0.05, 0) is 46.8 Å². The number of carbonyl (C=O) groups excluding carboxylic acids is 1. The fourth-order valence-electron chi connectivity index (χ4n) is 2.33. The van der Waals surface area contributed by atoms with E-state index in [-0.39, 0.29) is 5.91 Å². The largest absolute Gasteiger partial charge is 0.327 e. The number of para-hydroxylation sites is 1. The van der Waals surface area contributed by atoms with Crippen LogP contribution in [0.4, 0.5) is 5.69 Å². The molecule has 98 valence electrons. The number of hydrogen-bond donors (Lipinski definition) is 2. The number of amides is 1. The Bertz CT molecular complexity index is 414. The van der Waals surface area contributed by atoms with E-state index in [1.807, 2.05) is 24.3 Å². The van der Waals surface area contributed by atoms with Gasteiger partial charge >= 0.3 is 0 Å². The highest BCUT2D eigenvalue weighted by molar-refractivity contribution is 9.10. The Hall–Kier alpha value is -0.870. The van der Waals surface area contributed by atoms with Crippen molar-refractivity contribution in [2.75, 3.05) is 25.0 Å². The van der Waals surface area contributed by atoms with Crippen molar-refractivity contribution in [1.29, 1.82) is 0 Å². The molecule has 0 bridgehead atoms.